The van der Waals surface area contributed by atoms with Crippen LogP contribution in [0.5, 0.6) is 5.75 Å². The van der Waals surface area contributed by atoms with Crippen molar-refractivity contribution in [1.82, 2.24) is 14.7 Å². The zero-order valence-corrected chi connectivity index (χ0v) is 16.4. The SMILES string of the molecule is COc1ccccc1NC(=O)c1nc(C(=O)NC2CCCCC2)n2ccccc12. The van der Waals surface area contributed by atoms with Crippen molar-refractivity contribution >= 4 is 23.0 Å². The molecule has 150 valence electrons. The van der Waals surface area contributed by atoms with E-state index in [1.54, 1.807) is 35.9 Å². The fourth-order valence-electron chi connectivity index (χ4n) is 3.79. The number of rotatable bonds is 5. The predicted molar refractivity (Wildman–Crippen MR) is 110 cm³/mol. The number of para-hydroxylation sites is 2. The molecule has 1 aliphatic rings. The van der Waals surface area contributed by atoms with Crippen molar-refractivity contribution in [3.63, 3.8) is 0 Å². The Morgan fingerprint density at radius 2 is 1.79 bits per heavy atom. The maximum Gasteiger partial charge on any atom is 0.287 e. The minimum Gasteiger partial charge on any atom is -0.495 e. The zero-order chi connectivity index (χ0) is 20.2. The molecule has 1 aromatic carbocycles. The van der Waals surface area contributed by atoms with Gasteiger partial charge in [-0.1, -0.05) is 37.5 Å². The summed E-state index contributed by atoms with van der Waals surface area (Å²) in [7, 11) is 1.55. The van der Waals surface area contributed by atoms with Crippen molar-refractivity contribution in [2.45, 2.75) is 38.1 Å². The fraction of sp³-hybridized carbons (Fsp3) is 0.318. The lowest BCUT2D eigenvalue weighted by atomic mass is 9.95. The average Bonchev–Trinajstić information content (AvgIpc) is 3.15. The van der Waals surface area contributed by atoms with E-state index in [2.05, 4.69) is 15.6 Å². The Morgan fingerprint density at radius 1 is 1.03 bits per heavy atom. The molecule has 0 atom stereocenters. The predicted octanol–water partition coefficient (Wildman–Crippen LogP) is 3.66. The van der Waals surface area contributed by atoms with Gasteiger partial charge >= 0.3 is 0 Å². The summed E-state index contributed by atoms with van der Waals surface area (Å²) < 4.78 is 6.96. The third kappa shape index (κ3) is 3.94. The highest BCUT2D eigenvalue weighted by molar-refractivity contribution is 6.09. The van der Waals surface area contributed by atoms with E-state index in [1.807, 2.05) is 24.3 Å². The molecule has 7 nitrogen and oxygen atoms in total. The number of ether oxygens (including phenoxy) is 1. The number of aromatic nitrogens is 2. The molecular formula is C22H24N4O3. The molecule has 4 rings (SSSR count). The molecule has 1 saturated carbocycles. The van der Waals surface area contributed by atoms with Gasteiger partial charge in [0.15, 0.2) is 5.69 Å². The largest absolute Gasteiger partial charge is 0.495 e. The van der Waals surface area contributed by atoms with Crippen LogP contribution in [0.15, 0.2) is 48.7 Å². The Kier molecular flexibility index (Phi) is 5.46. The highest BCUT2D eigenvalue weighted by Gasteiger charge is 2.24. The van der Waals surface area contributed by atoms with Crippen molar-refractivity contribution in [2.24, 2.45) is 0 Å². The molecule has 1 fully saturated rings. The molecule has 3 aromatic rings. The second-order valence-electron chi connectivity index (χ2n) is 7.20. The van der Waals surface area contributed by atoms with Gasteiger partial charge in [0.2, 0.25) is 5.82 Å². The quantitative estimate of drug-likeness (QED) is 0.694. The summed E-state index contributed by atoms with van der Waals surface area (Å²) >= 11 is 0. The molecular weight excluding hydrogens is 368 g/mol. The number of carbonyl (C=O) groups is 2. The minimum atomic E-state index is -0.394. The van der Waals surface area contributed by atoms with E-state index in [0.717, 1.165) is 25.7 Å². The van der Waals surface area contributed by atoms with Crippen LogP contribution < -0.4 is 15.4 Å². The number of anilines is 1. The first-order valence-electron chi connectivity index (χ1n) is 9.89. The second-order valence-corrected chi connectivity index (χ2v) is 7.20. The molecule has 29 heavy (non-hydrogen) atoms. The van der Waals surface area contributed by atoms with Crippen LogP contribution in [0, 0.1) is 0 Å². The number of fused-ring (bicyclic) bond motifs is 1. The number of benzene rings is 1. The van der Waals surface area contributed by atoms with Gasteiger partial charge in [-0.2, -0.15) is 0 Å². The monoisotopic (exact) mass is 392 g/mol. The van der Waals surface area contributed by atoms with Crippen LogP contribution in [0.3, 0.4) is 0 Å². The molecule has 7 heteroatoms. The Hall–Kier alpha value is -3.35. The summed E-state index contributed by atoms with van der Waals surface area (Å²) in [4.78, 5) is 30.2. The van der Waals surface area contributed by atoms with E-state index in [-0.39, 0.29) is 23.5 Å². The van der Waals surface area contributed by atoms with Gasteiger partial charge in [0.25, 0.3) is 11.8 Å². The van der Waals surface area contributed by atoms with Gasteiger partial charge in [-0.3, -0.25) is 14.0 Å². The molecule has 0 saturated heterocycles. The molecule has 2 aromatic heterocycles. The van der Waals surface area contributed by atoms with Gasteiger partial charge in [-0.05, 0) is 37.1 Å². The Labute approximate surface area is 169 Å². The summed E-state index contributed by atoms with van der Waals surface area (Å²) in [6.45, 7) is 0. The number of amides is 2. The van der Waals surface area contributed by atoms with Gasteiger partial charge in [0.1, 0.15) is 5.75 Å². The van der Waals surface area contributed by atoms with Gasteiger partial charge in [0.05, 0.1) is 18.3 Å². The van der Waals surface area contributed by atoms with Crippen LogP contribution >= 0.6 is 0 Å². The van der Waals surface area contributed by atoms with Crippen molar-refractivity contribution in [1.29, 1.82) is 0 Å². The number of nitrogens with one attached hydrogen (secondary N) is 2. The standard InChI is InChI=1S/C22H24N4O3/c1-29-18-13-6-5-11-16(18)24-21(27)19-17-12-7-8-14-26(17)20(25-19)22(28)23-15-9-3-2-4-10-15/h5-8,11-15H,2-4,9-10H2,1H3,(H,23,28)(H,24,27). The first kappa shape index (κ1) is 19.0. The molecule has 2 amide bonds. The van der Waals surface area contributed by atoms with Crippen LogP contribution in [-0.2, 0) is 0 Å². The van der Waals surface area contributed by atoms with Crippen LogP contribution in [0.2, 0.25) is 0 Å². The van der Waals surface area contributed by atoms with Gasteiger partial charge in [0, 0.05) is 12.2 Å². The number of imidazole rings is 1. The molecule has 2 heterocycles. The number of hydrogen-bond acceptors (Lipinski definition) is 4. The molecule has 0 unspecified atom stereocenters. The summed E-state index contributed by atoms with van der Waals surface area (Å²) in [5.74, 6) is 0.125. The van der Waals surface area contributed by atoms with E-state index >= 15 is 0 Å². The topological polar surface area (TPSA) is 84.7 Å². The van der Waals surface area contributed by atoms with Crippen LogP contribution in [0.4, 0.5) is 5.69 Å². The van der Waals surface area contributed by atoms with Crippen LogP contribution in [0.1, 0.15) is 53.2 Å². The van der Waals surface area contributed by atoms with Crippen LogP contribution in [0.25, 0.3) is 5.52 Å². The summed E-state index contributed by atoms with van der Waals surface area (Å²) in [6.07, 6.45) is 7.18. The Balaban J connectivity index is 1.63. The number of hydrogen-bond donors (Lipinski definition) is 2. The van der Waals surface area contributed by atoms with Crippen LogP contribution in [-0.4, -0.2) is 34.4 Å². The lowest BCUT2D eigenvalue weighted by molar-refractivity contribution is 0.0916. The van der Waals surface area contributed by atoms with E-state index in [4.69, 9.17) is 4.74 Å². The van der Waals surface area contributed by atoms with E-state index in [1.165, 1.54) is 6.42 Å². The molecule has 0 aliphatic heterocycles. The first-order valence-corrected chi connectivity index (χ1v) is 9.89. The third-order valence-electron chi connectivity index (χ3n) is 5.26. The second kappa shape index (κ2) is 8.34. The third-order valence-corrected chi connectivity index (χ3v) is 5.26. The highest BCUT2D eigenvalue weighted by atomic mass is 16.5. The fourth-order valence-corrected chi connectivity index (χ4v) is 3.79. The number of carbonyl (C=O) groups excluding carboxylic acids is 2. The molecule has 1 aliphatic carbocycles. The lowest BCUT2D eigenvalue weighted by Crippen LogP contribution is -2.37. The summed E-state index contributed by atoms with van der Waals surface area (Å²) in [6, 6.07) is 12.7. The Bertz CT molecular complexity index is 1040. The average molecular weight is 392 g/mol. The molecule has 0 radical (unpaired) electrons. The summed E-state index contributed by atoms with van der Waals surface area (Å²) in [5, 5.41) is 5.91. The maximum atomic E-state index is 12.9. The van der Waals surface area contributed by atoms with Crippen molar-refractivity contribution in [3.05, 3.63) is 60.2 Å². The van der Waals surface area contributed by atoms with Gasteiger partial charge in [-0.25, -0.2) is 4.98 Å². The van der Waals surface area contributed by atoms with Crippen molar-refractivity contribution < 1.29 is 14.3 Å². The zero-order valence-electron chi connectivity index (χ0n) is 16.4. The first-order chi connectivity index (χ1) is 14.2. The summed E-state index contributed by atoms with van der Waals surface area (Å²) in [5.41, 5.74) is 1.32. The molecule has 0 bridgehead atoms. The lowest BCUT2D eigenvalue weighted by Gasteiger charge is -2.22. The number of pyridine rings is 1. The van der Waals surface area contributed by atoms with Gasteiger partial charge in [-0.15, -0.1) is 0 Å². The van der Waals surface area contributed by atoms with Gasteiger partial charge < -0.3 is 15.4 Å². The van der Waals surface area contributed by atoms with Crippen molar-refractivity contribution in [2.75, 3.05) is 12.4 Å². The number of methoxy groups -OCH3 is 1. The maximum absolute atomic E-state index is 12.9. The van der Waals surface area contributed by atoms with E-state index in [0.29, 0.717) is 17.0 Å². The van der Waals surface area contributed by atoms with Crippen molar-refractivity contribution in [3.8, 4) is 5.75 Å². The smallest absolute Gasteiger partial charge is 0.287 e. The highest BCUT2D eigenvalue weighted by Crippen LogP contribution is 2.24. The number of nitrogens with zero attached hydrogens (tertiary/aromatic N) is 2. The van der Waals surface area contributed by atoms with E-state index < -0.39 is 5.91 Å². The molecule has 2 N–H and O–H groups in total. The molecule has 0 spiro atoms. The minimum absolute atomic E-state index is 0.165. The Morgan fingerprint density at radius 3 is 2.59 bits per heavy atom. The normalized spacial score (nSPS) is 14.5. The van der Waals surface area contributed by atoms with E-state index in [9.17, 15) is 9.59 Å².